The average molecular weight is 577 g/mol. The van der Waals surface area contributed by atoms with Gasteiger partial charge in [-0.1, -0.05) is 36.0 Å². The molecule has 0 spiro atoms. The third kappa shape index (κ3) is 6.39. The number of thiocarbonyl (C=S) groups is 1. The number of anilines is 1. The quantitative estimate of drug-likeness (QED) is 0.220. The van der Waals surface area contributed by atoms with Crippen LogP contribution >= 0.6 is 46.9 Å². The number of fused-ring (bicyclic) bond motifs is 1. The van der Waals surface area contributed by atoms with E-state index in [0.29, 0.717) is 42.4 Å². The lowest BCUT2D eigenvalue weighted by atomic mass is 10.0. The van der Waals surface area contributed by atoms with Crippen LogP contribution in [0.25, 0.3) is 0 Å². The number of aromatic nitrogens is 1. The first-order valence-corrected chi connectivity index (χ1v) is 14.5. The van der Waals surface area contributed by atoms with Gasteiger partial charge in [-0.2, -0.15) is 0 Å². The van der Waals surface area contributed by atoms with Gasteiger partial charge in [-0.15, -0.1) is 23.1 Å². The molecule has 0 bridgehead atoms. The van der Waals surface area contributed by atoms with Crippen LogP contribution in [0.5, 0.6) is 11.5 Å². The number of benzene rings is 2. The molecule has 0 fully saturated rings. The maximum Gasteiger partial charge on any atom is 0.306 e. The topological polar surface area (TPSA) is 69.7 Å². The number of thioether (sulfide) groups is 1. The maximum atomic E-state index is 11.8. The van der Waals surface area contributed by atoms with Gasteiger partial charge in [0, 0.05) is 27.6 Å². The molecule has 6 nitrogen and oxygen atoms in total. The van der Waals surface area contributed by atoms with Gasteiger partial charge in [0.1, 0.15) is 0 Å². The molecule has 0 saturated heterocycles. The first-order valence-electron chi connectivity index (χ1n) is 11.9. The fourth-order valence-electron chi connectivity index (χ4n) is 4.29. The summed E-state index contributed by atoms with van der Waals surface area (Å²) >= 11 is 15.7. The second-order valence-electron chi connectivity index (χ2n) is 8.43. The Kier molecular flexibility index (Phi) is 9.34. The maximum absolute atomic E-state index is 11.8. The van der Waals surface area contributed by atoms with Gasteiger partial charge >= 0.3 is 5.97 Å². The Morgan fingerprint density at radius 1 is 1.19 bits per heavy atom. The van der Waals surface area contributed by atoms with Crippen LogP contribution in [0.1, 0.15) is 45.3 Å². The van der Waals surface area contributed by atoms with Gasteiger partial charge in [-0.25, -0.2) is 4.98 Å². The number of carbonyl (C=O) groups excluding carboxylic acids is 1. The van der Waals surface area contributed by atoms with Crippen molar-refractivity contribution in [2.24, 2.45) is 0 Å². The highest BCUT2D eigenvalue weighted by Crippen LogP contribution is 2.50. The molecule has 1 aliphatic rings. The van der Waals surface area contributed by atoms with Crippen LogP contribution in [0, 0.1) is 6.92 Å². The number of hydrogen-bond acceptors (Lipinski definition) is 8. The van der Waals surface area contributed by atoms with Crippen molar-refractivity contribution in [2.75, 3.05) is 26.1 Å². The van der Waals surface area contributed by atoms with E-state index in [4.69, 9.17) is 43.0 Å². The van der Waals surface area contributed by atoms with Gasteiger partial charge in [-0.3, -0.25) is 4.79 Å². The molecule has 196 valence electrons. The molecule has 0 unspecified atom stereocenters. The minimum absolute atomic E-state index is 0.0504. The number of nitrogens with zero attached hydrogens (tertiary/aromatic N) is 1. The van der Waals surface area contributed by atoms with E-state index in [-0.39, 0.29) is 16.5 Å². The summed E-state index contributed by atoms with van der Waals surface area (Å²) in [4.78, 5) is 18.5. The number of thiazole rings is 1. The number of hydrogen-bond donors (Lipinski definition) is 1. The second-order valence-corrected chi connectivity index (χ2v) is 11.8. The highest BCUT2D eigenvalue weighted by atomic mass is 35.5. The predicted molar refractivity (Wildman–Crippen MR) is 156 cm³/mol. The molecule has 3 aromatic rings. The Labute approximate surface area is 236 Å². The van der Waals surface area contributed by atoms with E-state index >= 15 is 0 Å². The fraction of sp³-hybridized carbons (Fsp3) is 0.370. The minimum Gasteiger partial charge on any atom is -0.493 e. The summed E-state index contributed by atoms with van der Waals surface area (Å²) in [7, 11) is 3.29. The van der Waals surface area contributed by atoms with Crippen LogP contribution in [0.3, 0.4) is 0 Å². The molecule has 2 heterocycles. The van der Waals surface area contributed by atoms with Crippen molar-refractivity contribution in [3.05, 3.63) is 68.1 Å². The number of methoxy groups -OCH3 is 2. The molecule has 1 aromatic heterocycles. The molecule has 2 atom stereocenters. The first kappa shape index (κ1) is 27.7. The van der Waals surface area contributed by atoms with Gasteiger partial charge in [0.15, 0.2) is 11.5 Å². The highest BCUT2D eigenvalue weighted by molar-refractivity contribution is 8.02. The molecule has 2 aromatic carbocycles. The zero-order valence-electron chi connectivity index (χ0n) is 21.1. The third-order valence-corrected chi connectivity index (χ3v) is 9.54. The summed E-state index contributed by atoms with van der Waals surface area (Å²) in [5.74, 6) is 1.17. The number of esters is 1. The van der Waals surface area contributed by atoms with Crippen LogP contribution in [0.15, 0.2) is 36.4 Å². The zero-order valence-corrected chi connectivity index (χ0v) is 24.3. The molecule has 4 rings (SSSR count). The third-order valence-electron chi connectivity index (χ3n) is 6.02. The molecule has 1 aliphatic heterocycles. The normalized spacial score (nSPS) is 16.9. The number of carbonyl (C=O) groups is 1. The van der Waals surface area contributed by atoms with Crippen molar-refractivity contribution >= 4 is 63.6 Å². The number of aryl methyl sites for hydroxylation is 2. The van der Waals surface area contributed by atoms with E-state index in [1.165, 1.54) is 0 Å². The summed E-state index contributed by atoms with van der Waals surface area (Å²) in [5, 5.41) is 4.93. The lowest BCUT2D eigenvalue weighted by Gasteiger charge is -2.23. The Hall–Kier alpha value is -2.33. The van der Waals surface area contributed by atoms with E-state index in [1.807, 2.05) is 44.2 Å². The summed E-state index contributed by atoms with van der Waals surface area (Å²) in [6, 6.07) is 11.7. The van der Waals surface area contributed by atoms with Crippen LogP contribution in [-0.4, -0.2) is 42.0 Å². The van der Waals surface area contributed by atoms with Crippen molar-refractivity contribution in [1.82, 2.24) is 4.98 Å². The Morgan fingerprint density at radius 3 is 2.73 bits per heavy atom. The molecule has 0 radical (unpaired) electrons. The average Bonchev–Trinajstić information content (AvgIpc) is 3.17. The predicted octanol–water partition coefficient (Wildman–Crippen LogP) is 6.80. The first-order chi connectivity index (χ1) is 17.8. The smallest absolute Gasteiger partial charge is 0.306 e. The van der Waals surface area contributed by atoms with Gasteiger partial charge in [0.2, 0.25) is 0 Å². The number of para-hydroxylation sites is 1. The molecule has 37 heavy (non-hydrogen) atoms. The van der Waals surface area contributed by atoms with E-state index < -0.39 is 0 Å². The zero-order chi connectivity index (χ0) is 26.5. The van der Waals surface area contributed by atoms with Crippen molar-refractivity contribution in [3.8, 4) is 11.5 Å². The lowest BCUT2D eigenvalue weighted by molar-refractivity contribution is -0.143. The fourth-order valence-corrected chi connectivity index (χ4v) is 7.49. The van der Waals surface area contributed by atoms with Gasteiger partial charge in [0.25, 0.3) is 0 Å². The number of ether oxygens (including phenoxy) is 3. The SMILES string of the molecule is CCOC(=O)CCc1sc(C[C@@H]2S[C@@H](c3cccc(OC)c3OC)c3cc(Cl)ccc3NC2=S)nc1C. The van der Waals surface area contributed by atoms with Crippen molar-refractivity contribution in [1.29, 1.82) is 0 Å². The van der Waals surface area contributed by atoms with Crippen molar-refractivity contribution in [2.45, 2.75) is 43.6 Å². The Balaban J connectivity index is 1.66. The largest absolute Gasteiger partial charge is 0.493 e. The molecular weight excluding hydrogens is 548 g/mol. The molecule has 0 saturated carbocycles. The van der Waals surface area contributed by atoms with Crippen LogP contribution in [0.2, 0.25) is 5.02 Å². The molecule has 1 N–H and O–H groups in total. The van der Waals surface area contributed by atoms with Crippen molar-refractivity contribution in [3.63, 3.8) is 0 Å². The number of rotatable bonds is 9. The molecule has 10 heteroatoms. The number of halogens is 1. The van der Waals surface area contributed by atoms with Gasteiger partial charge in [0.05, 0.1) is 53.4 Å². The van der Waals surface area contributed by atoms with E-state index in [9.17, 15) is 4.79 Å². The van der Waals surface area contributed by atoms with E-state index in [2.05, 4.69) is 11.4 Å². The highest BCUT2D eigenvalue weighted by Gasteiger charge is 2.33. The van der Waals surface area contributed by atoms with Crippen LogP contribution in [0.4, 0.5) is 5.69 Å². The van der Waals surface area contributed by atoms with Crippen LogP contribution in [-0.2, 0) is 22.4 Å². The van der Waals surface area contributed by atoms with Gasteiger partial charge in [-0.05, 0) is 50.1 Å². The monoisotopic (exact) mass is 576 g/mol. The lowest BCUT2D eigenvalue weighted by Crippen LogP contribution is -2.24. The minimum atomic E-state index is -0.187. The Morgan fingerprint density at radius 2 is 2.00 bits per heavy atom. The van der Waals surface area contributed by atoms with E-state index in [0.717, 1.165) is 37.4 Å². The van der Waals surface area contributed by atoms with Crippen molar-refractivity contribution < 1.29 is 19.0 Å². The summed E-state index contributed by atoms with van der Waals surface area (Å²) in [5.41, 5.74) is 3.88. The Bertz CT molecular complexity index is 1300. The molecular formula is C27H29ClN2O4S3. The van der Waals surface area contributed by atoms with E-state index in [1.54, 1.807) is 37.3 Å². The summed E-state index contributed by atoms with van der Waals surface area (Å²) < 4.78 is 16.5. The second kappa shape index (κ2) is 12.5. The standard InChI is InChI=1S/C27H29ClN2O4S3/c1-5-34-24(31)12-11-21-15(2)29-23(36-21)14-22-27(35)30-19-10-9-16(28)13-18(19)26(37-22)17-7-6-8-20(32-3)25(17)33-4/h6-10,13,22,26H,5,11-12,14H2,1-4H3,(H,30,35)/t22-,26-/m0/s1. The number of nitrogens with one attached hydrogen (secondary N) is 1. The molecule has 0 amide bonds. The van der Waals surface area contributed by atoms with Gasteiger partial charge < -0.3 is 19.5 Å². The summed E-state index contributed by atoms with van der Waals surface area (Å²) in [6.45, 7) is 4.19. The molecule has 0 aliphatic carbocycles. The van der Waals surface area contributed by atoms with Crippen LogP contribution < -0.4 is 14.8 Å². The summed E-state index contributed by atoms with van der Waals surface area (Å²) in [6.07, 6.45) is 1.63.